The highest BCUT2D eigenvalue weighted by Gasteiger charge is 2.15. The van der Waals surface area contributed by atoms with Crippen molar-refractivity contribution in [1.82, 2.24) is 19.8 Å². The fourth-order valence-electron chi connectivity index (χ4n) is 1.42. The molecule has 0 fully saturated rings. The molecule has 0 aromatic carbocycles. The van der Waals surface area contributed by atoms with Gasteiger partial charge in [-0.15, -0.1) is 0 Å². The number of hydrogen-bond acceptors (Lipinski definition) is 4. The van der Waals surface area contributed by atoms with Crippen molar-refractivity contribution in [2.24, 2.45) is 0 Å². The zero-order valence-electron chi connectivity index (χ0n) is 11.0. The van der Waals surface area contributed by atoms with Gasteiger partial charge >= 0.3 is 0 Å². The van der Waals surface area contributed by atoms with Crippen LogP contribution in [0.2, 0.25) is 0 Å². The lowest BCUT2D eigenvalue weighted by Gasteiger charge is -2.03. The monoisotopic (exact) mass is 274 g/mol. The van der Waals surface area contributed by atoms with Crippen LogP contribution in [0.15, 0.2) is 17.3 Å². The van der Waals surface area contributed by atoms with E-state index in [9.17, 15) is 8.42 Å². The number of nitrogens with one attached hydrogen (secondary N) is 2. The van der Waals surface area contributed by atoms with Crippen molar-refractivity contribution in [1.29, 1.82) is 0 Å². The zero-order valence-corrected chi connectivity index (χ0v) is 11.8. The molecule has 0 amide bonds. The third-order valence-corrected chi connectivity index (χ3v) is 3.82. The molecule has 7 heteroatoms. The molecule has 1 aromatic heterocycles. The van der Waals surface area contributed by atoms with Gasteiger partial charge in [0, 0.05) is 19.3 Å². The maximum Gasteiger partial charge on any atom is 0.243 e. The molecule has 0 radical (unpaired) electrons. The largest absolute Gasteiger partial charge is 0.315 e. The quantitative estimate of drug-likeness (QED) is 0.646. The molecule has 0 atom stereocenters. The Morgan fingerprint density at radius 1 is 1.22 bits per heavy atom. The Labute approximate surface area is 109 Å². The smallest absolute Gasteiger partial charge is 0.243 e. The SMILES string of the molecule is CCCNCCn1cc(S(=O)(=O)NCCC)cn1. The predicted octanol–water partition coefficient (Wildman–Crippen LogP) is 0.571. The Morgan fingerprint density at radius 3 is 2.61 bits per heavy atom. The molecule has 18 heavy (non-hydrogen) atoms. The lowest BCUT2D eigenvalue weighted by molar-refractivity contribution is 0.552. The van der Waals surface area contributed by atoms with E-state index in [4.69, 9.17) is 0 Å². The van der Waals surface area contributed by atoms with Crippen molar-refractivity contribution in [3.8, 4) is 0 Å². The second kappa shape index (κ2) is 7.50. The number of rotatable bonds is 9. The molecule has 6 nitrogen and oxygen atoms in total. The van der Waals surface area contributed by atoms with Gasteiger partial charge in [0.15, 0.2) is 0 Å². The average Bonchev–Trinajstić information content (AvgIpc) is 2.82. The van der Waals surface area contributed by atoms with Crippen molar-refractivity contribution >= 4 is 10.0 Å². The van der Waals surface area contributed by atoms with E-state index in [2.05, 4.69) is 22.1 Å². The van der Waals surface area contributed by atoms with E-state index < -0.39 is 10.0 Å². The first-order valence-electron chi connectivity index (χ1n) is 6.33. The van der Waals surface area contributed by atoms with Gasteiger partial charge in [0.2, 0.25) is 10.0 Å². The lowest BCUT2D eigenvalue weighted by Crippen LogP contribution is -2.24. The molecule has 0 aliphatic carbocycles. The van der Waals surface area contributed by atoms with Crippen LogP contribution in [-0.2, 0) is 16.6 Å². The summed E-state index contributed by atoms with van der Waals surface area (Å²) in [5, 5.41) is 7.29. The van der Waals surface area contributed by atoms with Gasteiger partial charge in [0.05, 0.1) is 12.7 Å². The number of aromatic nitrogens is 2. The van der Waals surface area contributed by atoms with E-state index >= 15 is 0 Å². The fourth-order valence-corrected chi connectivity index (χ4v) is 2.51. The molecular weight excluding hydrogens is 252 g/mol. The Balaban J connectivity index is 2.52. The molecule has 104 valence electrons. The summed E-state index contributed by atoms with van der Waals surface area (Å²) in [6.07, 6.45) is 4.80. The molecule has 1 heterocycles. The minimum atomic E-state index is -3.39. The van der Waals surface area contributed by atoms with Gasteiger partial charge in [-0.1, -0.05) is 13.8 Å². The Bertz CT molecular complexity index is 442. The summed E-state index contributed by atoms with van der Waals surface area (Å²) < 4.78 is 27.8. The summed E-state index contributed by atoms with van der Waals surface area (Å²) in [4.78, 5) is 0.228. The minimum absolute atomic E-state index is 0.228. The van der Waals surface area contributed by atoms with Gasteiger partial charge in [-0.2, -0.15) is 5.10 Å². The molecule has 2 N–H and O–H groups in total. The van der Waals surface area contributed by atoms with Gasteiger partial charge in [-0.05, 0) is 19.4 Å². The zero-order chi connectivity index (χ0) is 13.4. The highest BCUT2D eigenvalue weighted by Crippen LogP contribution is 2.06. The maximum absolute atomic E-state index is 11.8. The highest BCUT2D eigenvalue weighted by atomic mass is 32.2. The molecule has 0 unspecified atom stereocenters. The molecular formula is C11H22N4O2S. The average molecular weight is 274 g/mol. The van der Waals surface area contributed by atoms with Gasteiger partial charge < -0.3 is 5.32 Å². The molecule has 0 saturated carbocycles. The van der Waals surface area contributed by atoms with E-state index in [1.165, 1.54) is 6.20 Å². The normalized spacial score (nSPS) is 11.9. The first-order chi connectivity index (χ1) is 8.60. The van der Waals surface area contributed by atoms with Crippen molar-refractivity contribution < 1.29 is 8.42 Å². The highest BCUT2D eigenvalue weighted by molar-refractivity contribution is 7.89. The van der Waals surface area contributed by atoms with Crippen LogP contribution in [0.1, 0.15) is 26.7 Å². The first-order valence-corrected chi connectivity index (χ1v) is 7.81. The topological polar surface area (TPSA) is 76.0 Å². The second-order valence-corrected chi connectivity index (χ2v) is 5.85. The van der Waals surface area contributed by atoms with E-state index in [-0.39, 0.29) is 4.90 Å². The number of nitrogens with zero attached hydrogens (tertiary/aromatic N) is 2. The van der Waals surface area contributed by atoms with Crippen molar-refractivity contribution in [2.75, 3.05) is 19.6 Å². The summed E-state index contributed by atoms with van der Waals surface area (Å²) in [5.41, 5.74) is 0. The number of sulfonamides is 1. The third kappa shape index (κ3) is 4.75. The van der Waals surface area contributed by atoms with E-state index in [0.29, 0.717) is 13.1 Å². The summed E-state index contributed by atoms with van der Waals surface area (Å²) >= 11 is 0. The van der Waals surface area contributed by atoms with E-state index in [1.807, 2.05) is 6.92 Å². The van der Waals surface area contributed by atoms with Crippen LogP contribution in [0.5, 0.6) is 0 Å². The standard InChI is InChI=1S/C11H22N4O2S/c1-3-5-12-7-8-15-10-11(9-13-15)18(16,17)14-6-4-2/h9-10,12,14H,3-8H2,1-2H3. The lowest BCUT2D eigenvalue weighted by atomic mass is 10.5. The fraction of sp³-hybridized carbons (Fsp3) is 0.727. The molecule has 0 bridgehead atoms. The van der Waals surface area contributed by atoms with Gasteiger partial charge in [0.1, 0.15) is 4.90 Å². The molecule has 1 aromatic rings. The third-order valence-electron chi connectivity index (χ3n) is 2.41. The molecule has 0 aliphatic heterocycles. The second-order valence-electron chi connectivity index (χ2n) is 4.09. The molecule has 0 saturated heterocycles. The van der Waals surface area contributed by atoms with E-state index in [1.54, 1.807) is 10.9 Å². The van der Waals surface area contributed by atoms with Crippen LogP contribution < -0.4 is 10.0 Å². The molecule has 0 aliphatic rings. The Hall–Kier alpha value is -0.920. The van der Waals surface area contributed by atoms with Crippen molar-refractivity contribution in [2.45, 2.75) is 38.1 Å². The van der Waals surface area contributed by atoms with Crippen LogP contribution in [0.3, 0.4) is 0 Å². The Kier molecular flexibility index (Phi) is 6.31. The Morgan fingerprint density at radius 2 is 1.94 bits per heavy atom. The van der Waals surface area contributed by atoms with E-state index in [0.717, 1.165) is 25.9 Å². The van der Waals surface area contributed by atoms with Crippen LogP contribution in [-0.4, -0.2) is 37.8 Å². The van der Waals surface area contributed by atoms with Crippen molar-refractivity contribution in [3.05, 3.63) is 12.4 Å². The molecule has 1 rings (SSSR count). The predicted molar refractivity (Wildman–Crippen MR) is 70.9 cm³/mol. The summed E-state index contributed by atoms with van der Waals surface area (Å²) in [7, 11) is -3.39. The summed E-state index contributed by atoms with van der Waals surface area (Å²) in [6, 6.07) is 0. The minimum Gasteiger partial charge on any atom is -0.315 e. The van der Waals surface area contributed by atoms with Crippen molar-refractivity contribution in [3.63, 3.8) is 0 Å². The number of hydrogen-bond donors (Lipinski definition) is 2. The van der Waals surface area contributed by atoms with Gasteiger partial charge in [0.25, 0.3) is 0 Å². The van der Waals surface area contributed by atoms with Crippen LogP contribution in [0.4, 0.5) is 0 Å². The van der Waals surface area contributed by atoms with Crippen LogP contribution in [0.25, 0.3) is 0 Å². The van der Waals surface area contributed by atoms with Crippen LogP contribution in [0, 0.1) is 0 Å². The maximum atomic E-state index is 11.8. The summed E-state index contributed by atoms with van der Waals surface area (Å²) in [6.45, 7) is 6.90. The summed E-state index contributed by atoms with van der Waals surface area (Å²) in [5.74, 6) is 0. The van der Waals surface area contributed by atoms with Gasteiger partial charge in [-0.25, -0.2) is 13.1 Å². The van der Waals surface area contributed by atoms with Crippen LogP contribution >= 0.6 is 0 Å². The first kappa shape index (κ1) is 15.1. The molecule has 0 spiro atoms. The van der Waals surface area contributed by atoms with Gasteiger partial charge in [-0.3, -0.25) is 4.68 Å².